The first-order valence-electron chi connectivity index (χ1n) is 3.51. The van der Waals surface area contributed by atoms with Gasteiger partial charge in [0, 0.05) is 0 Å². The van der Waals surface area contributed by atoms with Crippen molar-refractivity contribution in [3.05, 3.63) is 0 Å². The van der Waals surface area contributed by atoms with Crippen LogP contribution in [0.15, 0.2) is 0 Å². The van der Waals surface area contributed by atoms with Crippen LogP contribution >= 0.6 is 0 Å². The van der Waals surface area contributed by atoms with Gasteiger partial charge in [-0.3, -0.25) is 0 Å². The van der Waals surface area contributed by atoms with Gasteiger partial charge in [-0.1, -0.05) is 0 Å². The molecule has 0 aromatic heterocycles. The summed E-state index contributed by atoms with van der Waals surface area (Å²) in [6.45, 7) is -1.16. The highest BCUT2D eigenvalue weighted by Crippen LogP contribution is 2.24. The van der Waals surface area contributed by atoms with Crippen LogP contribution in [0, 0.1) is 0 Å². The third-order valence-electron chi connectivity index (χ3n) is 1.98. The quantitative estimate of drug-likeness (QED) is 0.290. The van der Waals surface area contributed by atoms with Gasteiger partial charge in [0.25, 0.3) is 0 Å². The maximum Gasteiger partial charge on any atom is 0.188 e. The molecule has 1 unspecified atom stereocenters. The van der Waals surface area contributed by atoms with Gasteiger partial charge in [0.15, 0.2) is 11.9 Å². The lowest BCUT2D eigenvalue weighted by molar-refractivity contribution is -0.310. The van der Waals surface area contributed by atoms with E-state index in [1.165, 1.54) is 0 Å². The van der Waals surface area contributed by atoms with Gasteiger partial charge in [-0.2, -0.15) is 0 Å². The van der Waals surface area contributed by atoms with Gasteiger partial charge in [-0.05, 0) is 0 Å². The van der Waals surface area contributed by atoms with Crippen LogP contribution in [0.2, 0.25) is 0 Å². The van der Waals surface area contributed by atoms with Crippen LogP contribution in [0.5, 0.6) is 0 Å². The molecule has 0 aliphatic carbocycles. The molecule has 0 aromatic carbocycles. The van der Waals surface area contributed by atoms with Crippen LogP contribution < -0.4 is 0 Å². The second kappa shape index (κ2) is 3.25. The van der Waals surface area contributed by atoms with Crippen LogP contribution in [-0.2, 0) is 4.74 Å². The lowest BCUT2D eigenvalue weighted by Crippen LogP contribution is -2.64. The molecule has 0 aromatic rings. The van der Waals surface area contributed by atoms with E-state index in [0.29, 0.717) is 0 Å². The van der Waals surface area contributed by atoms with Crippen LogP contribution in [-0.4, -0.2) is 62.8 Å². The van der Waals surface area contributed by atoms with Crippen molar-refractivity contribution in [3.8, 4) is 0 Å². The number of hydrogen-bond donors (Lipinski definition) is 5. The van der Waals surface area contributed by atoms with Gasteiger partial charge < -0.3 is 30.3 Å². The highest BCUT2D eigenvalue weighted by molar-refractivity contribution is 4.95. The van der Waals surface area contributed by atoms with Gasteiger partial charge in [0.05, 0.1) is 13.2 Å². The Bertz CT molecular complexity index is 162. The van der Waals surface area contributed by atoms with E-state index in [-0.39, 0.29) is 6.61 Å². The molecular formula is C6H12O6. The number of hydrogen-bond acceptors (Lipinski definition) is 6. The average Bonchev–Trinajstić information content (AvgIpc) is 2.08. The van der Waals surface area contributed by atoms with E-state index >= 15 is 0 Å². The van der Waals surface area contributed by atoms with Crippen molar-refractivity contribution in [1.82, 2.24) is 0 Å². The summed E-state index contributed by atoms with van der Waals surface area (Å²) in [6, 6.07) is 0. The fourth-order valence-electron chi connectivity index (χ4n) is 1.08. The standard InChI is InChI=1S/C6H12O6/c7-2-6(11)4(9)3(8)1-12-5(6)10/h3-5,7-11H,1-2H2/t3-,4+,5?,6+/m1/s1. The zero-order chi connectivity index (χ0) is 9.35. The molecule has 1 saturated heterocycles. The Morgan fingerprint density at radius 1 is 1.33 bits per heavy atom. The molecule has 0 amide bonds. The van der Waals surface area contributed by atoms with Crippen molar-refractivity contribution < 1.29 is 30.3 Å². The normalized spacial score (nSPS) is 49.2. The smallest absolute Gasteiger partial charge is 0.188 e. The molecule has 1 aliphatic rings. The highest BCUT2D eigenvalue weighted by Gasteiger charge is 2.50. The van der Waals surface area contributed by atoms with E-state index in [1.54, 1.807) is 0 Å². The Morgan fingerprint density at radius 2 is 1.92 bits per heavy atom. The van der Waals surface area contributed by atoms with Crippen LogP contribution in [0.4, 0.5) is 0 Å². The molecule has 1 rings (SSSR count). The summed E-state index contributed by atoms with van der Waals surface area (Å²) in [5.74, 6) is 0. The third kappa shape index (κ3) is 1.33. The number of rotatable bonds is 1. The van der Waals surface area contributed by atoms with Crippen molar-refractivity contribution in [2.45, 2.75) is 24.1 Å². The zero-order valence-electron chi connectivity index (χ0n) is 6.29. The highest BCUT2D eigenvalue weighted by atomic mass is 16.6. The molecular weight excluding hydrogens is 168 g/mol. The summed E-state index contributed by atoms with van der Waals surface area (Å²) >= 11 is 0. The van der Waals surface area contributed by atoms with Crippen molar-refractivity contribution in [3.63, 3.8) is 0 Å². The molecule has 6 nitrogen and oxygen atoms in total. The molecule has 1 aliphatic heterocycles. The molecule has 5 N–H and O–H groups in total. The third-order valence-corrected chi connectivity index (χ3v) is 1.98. The first-order chi connectivity index (χ1) is 5.52. The molecule has 6 heteroatoms. The summed E-state index contributed by atoms with van der Waals surface area (Å²) in [5.41, 5.74) is -2.20. The summed E-state index contributed by atoms with van der Waals surface area (Å²) in [4.78, 5) is 0. The van der Waals surface area contributed by atoms with E-state index in [1.807, 2.05) is 0 Å². The average molecular weight is 180 g/mol. The Morgan fingerprint density at radius 3 is 2.33 bits per heavy atom. The first kappa shape index (κ1) is 9.85. The van der Waals surface area contributed by atoms with E-state index < -0.39 is 30.7 Å². The maximum atomic E-state index is 9.35. The maximum absolute atomic E-state index is 9.35. The van der Waals surface area contributed by atoms with E-state index in [0.717, 1.165) is 0 Å². The molecule has 1 heterocycles. The van der Waals surface area contributed by atoms with Crippen molar-refractivity contribution >= 4 is 0 Å². The Labute approximate surface area is 68.6 Å². The minimum atomic E-state index is -2.20. The summed E-state index contributed by atoms with van der Waals surface area (Å²) in [5, 5.41) is 45.2. The van der Waals surface area contributed by atoms with E-state index in [2.05, 4.69) is 4.74 Å². The van der Waals surface area contributed by atoms with Crippen molar-refractivity contribution in [1.29, 1.82) is 0 Å². The van der Waals surface area contributed by atoms with E-state index in [4.69, 9.17) is 20.4 Å². The minimum absolute atomic E-state index is 0.273. The van der Waals surface area contributed by atoms with Crippen LogP contribution in [0.1, 0.15) is 0 Å². The van der Waals surface area contributed by atoms with Gasteiger partial charge in [0.1, 0.15) is 12.2 Å². The number of ether oxygens (including phenoxy) is 1. The predicted octanol–water partition coefficient (Wildman–Crippen LogP) is -3.22. The predicted molar refractivity (Wildman–Crippen MR) is 36.0 cm³/mol. The molecule has 0 radical (unpaired) electrons. The zero-order valence-corrected chi connectivity index (χ0v) is 6.29. The van der Waals surface area contributed by atoms with Crippen LogP contribution in [0.25, 0.3) is 0 Å². The first-order valence-corrected chi connectivity index (χ1v) is 3.51. The molecule has 72 valence electrons. The molecule has 12 heavy (non-hydrogen) atoms. The van der Waals surface area contributed by atoms with Crippen molar-refractivity contribution in [2.24, 2.45) is 0 Å². The summed E-state index contributed by atoms with van der Waals surface area (Å²) < 4.78 is 4.50. The Kier molecular flexibility index (Phi) is 2.67. The number of aliphatic hydroxyl groups excluding tert-OH is 4. The van der Waals surface area contributed by atoms with Gasteiger partial charge >= 0.3 is 0 Å². The monoisotopic (exact) mass is 180 g/mol. The second-order valence-electron chi connectivity index (χ2n) is 2.85. The van der Waals surface area contributed by atoms with Gasteiger partial charge in [-0.25, -0.2) is 0 Å². The second-order valence-corrected chi connectivity index (χ2v) is 2.85. The van der Waals surface area contributed by atoms with Gasteiger partial charge in [-0.15, -0.1) is 0 Å². The Hall–Kier alpha value is -0.240. The minimum Gasteiger partial charge on any atom is -0.393 e. The van der Waals surface area contributed by atoms with Gasteiger partial charge in [0.2, 0.25) is 0 Å². The summed E-state index contributed by atoms with van der Waals surface area (Å²) in [7, 11) is 0. The molecule has 4 atom stereocenters. The van der Waals surface area contributed by atoms with Crippen LogP contribution in [0.3, 0.4) is 0 Å². The lowest BCUT2D eigenvalue weighted by atomic mass is 9.91. The molecule has 1 fully saturated rings. The largest absolute Gasteiger partial charge is 0.393 e. The molecule has 0 bridgehead atoms. The fraction of sp³-hybridized carbons (Fsp3) is 1.00. The summed E-state index contributed by atoms with van der Waals surface area (Å²) in [6.07, 6.45) is -4.59. The number of aliphatic hydroxyl groups is 5. The molecule has 0 saturated carbocycles. The SMILES string of the molecule is OC[C@@]1(O)C(O)OC[C@@H](O)[C@@H]1O. The lowest BCUT2D eigenvalue weighted by Gasteiger charge is -2.41. The van der Waals surface area contributed by atoms with Crippen molar-refractivity contribution in [2.75, 3.05) is 13.2 Å². The Balaban J connectivity index is 2.78. The topological polar surface area (TPSA) is 110 Å². The van der Waals surface area contributed by atoms with E-state index in [9.17, 15) is 5.11 Å². The fourth-order valence-corrected chi connectivity index (χ4v) is 1.08. The molecule has 0 spiro atoms.